The minimum atomic E-state index is -0.328. The van der Waals surface area contributed by atoms with Gasteiger partial charge < -0.3 is 5.11 Å². The molecule has 0 unspecified atom stereocenters. The molecule has 0 saturated heterocycles. The van der Waals surface area contributed by atoms with Gasteiger partial charge in [-0.25, -0.2) is 0 Å². The highest BCUT2D eigenvalue weighted by Crippen LogP contribution is 2.55. The number of aliphatic hydroxyl groups excluding tert-OH is 1. The minimum absolute atomic E-state index is 0.297. The molecular weight excluding hydrogens is 208 g/mol. The molecule has 1 nitrogen and oxygen atoms in total. The van der Waals surface area contributed by atoms with Crippen LogP contribution in [0.1, 0.15) is 46.6 Å². The van der Waals surface area contributed by atoms with Crippen molar-refractivity contribution in [2.24, 2.45) is 0 Å². The molecule has 0 amide bonds. The van der Waals surface area contributed by atoms with Crippen molar-refractivity contribution in [2.45, 2.75) is 24.4 Å². The van der Waals surface area contributed by atoms with Crippen molar-refractivity contribution in [3.63, 3.8) is 0 Å². The van der Waals surface area contributed by atoms with Crippen molar-refractivity contribution in [3.8, 4) is 0 Å². The van der Waals surface area contributed by atoms with Crippen LogP contribution in [-0.2, 0) is 0 Å². The number of hydrogen-bond acceptors (Lipinski definition) is 1. The van der Waals surface area contributed by atoms with E-state index in [1.165, 1.54) is 16.7 Å². The molecule has 0 heterocycles. The Morgan fingerprint density at radius 3 is 2.00 bits per heavy atom. The summed E-state index contributed by atoms with van der Waals surface area (Å²) in [4.78, 5) is 0. The van der Waals surface area contributed by atoms with Gasteiger partial charge in [0.1, 0.15) is 0 Å². The highest BCUT2D eigenvalue weighted by Gasteiger charge is 2.42. The average Bonchev–Trinajstić information content (AvgIpc) is 2.73. The lowest BCUT2D eigenvalue weighted by molar-refractivity contribution is 0.135. The maximum atomic E-state index is 10.5. The van der Waals surface area contributed by atoms with Crippen LogP contribution < -0.4 is 0 Å². The van der Waals surface area contributed by atoms with E-state index in [1.54, 1.807) is 0 Å². The number of hydrogen-bond donors (Lipinski definition) is 1. The molecule has 2 aromatic carbocycles. The first-order valence-electron chi connectivity index (χ1n) is 6.22. The lowest BCUT2D eigenvalue weighted by Gasteiger charge is -2.28. The molecule has 1 heteroatoms. The van der Waals surface area contributed by atoms with Crippen molar-refractivity contribution in [3.05, 3.63) is 70.8 Å². The molecule has 2 aromatic rings. The van der Waals surface area contributed by atoms with Crippen LogP contribution in [-0.4, -0.2) is 5.11 Å². The molecule has 0 aromatic heterocycles. The van der Waals surface area contributed by atoms with E-state index in [2.05, 4.69) is 42.5 Å². The third kappa shape index (κ3) is 1.12. The van der Waals surface area contributed by atoms with Crippen LogP contribution in [0.3, 0.4) is 0 Å². The Balaban J connectivity index is 2.01. The van der Waals surface area contributed by atoms with Gasteiger partial charge in [0.15, 0.2) is 0 Å². The van der Waals surface area contributed by atoms with Gasteiger partial charge in [0.2, 0.25) is 0 Å². The van der Waals surface area contributed by atoms with Crippen LogP contribution >= 0.6 is 0 Å². The molecule has 0 radical (unpaired) electrons. The second-order valence-electron chi connectivity index (χ2n) is 5.10. The van der Waals surface area contributed by atoms with Crippen molar-refractivity contribution in [2.75, 3.05) is 0 Å². The fourth-order valence-corrected chi connectivity index (χ4v) is 3.58. The highest BCUT2D eigenvalue weighted by atomic mass is 16.3. The van der Waals surface area contributed by atoms with Crippen LogP contribution in [0.5, 0.6) is 0 Å². The SMILES string of the molecule is O[C@@H]1c2ccccc2[C@@H]2C[C@@H]1c1ccccc12. The van der Waals surface area contributed by atoms with E-state index in [4.69, 9.17) is 0 Å². The predicted molar refractivity (Wildman–Crippen MR) is 67.0 cm³/mol. The van der Waals surface area contributed by atoms with Gasteiger partial charge in [-0.3, -0.25) is 0 Å². The smallest absolute Gasteiger partial charge is 0.0861 e. The van der Waals surface area contributed by atoms with Crippen LogP contribution in [0.15, 0.2) is 48.5 Å². The topological polar surface area (TPSA) is 20.2 Å². The molecule has 4 rings (SSSR count). The molecule has 2 aliphatic carbocycles. The van der Waals surface area contributed by atoms with Gasteiger partial charge in [0, 0.05) is 11.8 Å². The summed E-state index contributed by atoms with van der Waals surface area (Å²) in [6.45, 7) is 0. The summed E-state index contributed by atoms with van der Waals surface area (Å²) in [5.41, 5.74) is 5.22. The second kappa shape index (κ2) is 3.21. The zero-order chi connectivity index (χ0) is 11.4. The van der Waals surface area contributed by atoms with Crippen molar-refractivity contribution >= 4 is 0 Å². The fourth-order valence-electron chi connectivity index (χ4n) is 3.58. The summed E-state index contributed by atoms with van der Waals surface area (Å²) >= 11 is 0. The first-order chi connectivity index (χ1) is 8.36. The van der Waals surface area contributed by atoms with E-state index in [-0.39, 0.29) is 6.10 Å². The van der Waals surface area contributed by atoms with E-state index < -0.39 is 0 Å². The predicted octanol–water partition coefficient (Wildman–Crippen LogP) is 3.35. The van der Waals surface area contributed by atoms with E-state index in [0.717, 1.165) is 12.0 Å². The summed E-state index contributed by atoms with van der Waals surface area (Å²) in [5.74, 6) is 0.793. The Hall–Kier alpha value is -1.60. The zero-order valence-electron chi connectivity index (χ0n) is 9.51. The number of benzene rings is 2. The minimum Gasteiger partial charge on any atom is -0.388 e. The van der Waals surface area contributed by atoms with E-state index in [1.807, 2.05) is 6.07 Å². The van der Waals surface area contributed by atoms with Crippen LogP contribution in [0, 0.1) is 0 Å². The summed E-state index contributed by atoms with van der Waals surface area (Å²) in [6, 6.07) is 16.9. The molecule has 1 N–H and O–H groups in total. The second-order valence-corrected chi connectivity index (χ2v) is 5.10. The summed E-state index contributed by atoms with van der Waals surface area (Å²) in [5, 5.41) is 10.5. The molecule has 0 saturated carbocycles. The van der Waals surface area contributed by atoms with Crippen molar-refractivity contribution < 1.29 is 5.11 Å². The van der Waals surface area contributed by atoms with Crippen LogP contribution in [0.2, 0.25) is 0 Å². The van der Waals surface area contributed by atoms with E-state index in [9.17, 15) is 5.11 Å². The summed E-state index contributed by atoms with van der Waals surface area (Å²) in [6.07, 6.45) is 0.739. The first-order valence-corrected chi connectivity index (χ1v) is 6.22. The molecule has 3 atom stereocenters. The van der Waals surface area contributed by atoms with E-state index >= 15 is 0 Å². The Bertz CT molecular complexity index is 588. The number of rotatable bonds is 0. The normalized spacial score (nSPS) is 28.6. The quantitative estimate of drug-likeness (QED) is 0.724. The molecule has 2 bridgehead atoms. The highest BCUT2D eigenvalue weighted by molar-refractivity contribution is 5.52. The summed E-state index contributed by atoms with van der Waals surface area (Å²) in [7, 11) is 0. The van der Waals surface area contributed by atoms with Gasteiger partial charge in [0.05, 0.1) is 6.10 Å². The summed E-state index contributed by atoms with van der Waals surface area (Å²) < 4.78 is 0. The molecule has 2 aliphatic rings. The van der Waals surface area contributed by atoms with Gasteiger partial charge in [-0.1, -0.05) is 48.5 Å². The molecule has 0 spiro atoms. The van der Waals surface area contributed by atoms with Crippen molar-refractivity contribution in [1.29, 1.82) is 0 Å². The Kier molecular flexibility index (Phi) is 1.78. The van der Waals surface area contributed by atoms with Gasteiger partial charge >= 0.3 is 0 Å². The number of fused-ring (bicyclic) bond motifs is 7. The first kappa shape index (κ1) is 9.43. The van der Waals surface area contributed by atoms with Crippen LogP contribution in [0.4, 0.5) is 0 Å². The zero-order valence-corrected chi connectivity index (χ0v) is 9.51. The van der Waals surface area contributed by atoms with Gasteiger partial charge in [-0.15, -0.1) is 0 Å². The fraction of sp³-hybridized carbons (Fsp3) is 0.250. The molecule has 0 aliphatic heterocycles. The van der Waals surface area contributed by atoms with Crippen molar-refractivity contribution in [1.82, 2.24) is 0 Å². The Morgan fingerprint density at radius 1 is 0.765 bits per heavy atom. The maximum Gasteiger partial charge on any atom is 0.0861 e. The average molecular weight is 222 g/mol. The Labute approximate surface area is 101 Å². The van der Waals surface area contributed by atoms with E-state index in [0.29, 0.717) is 11.8 Å². The molecule has 84 valence electrons. The standard InChI is InChI=1S/C16H14O/c17-16-13-8-4-3-7-12(13)14-9-15(16)11-6-2-1-5-10(11)14/h1-8,14-17H,9H2/t14-,15-,16-/m1/s1. The van der Waals surface area contributed by atoms with Gasteiger partial charge in [0.25, 0.3) is 0 Å². The largest absolute Gasteiger partial charge is 0.388 e. The van der Waals surface area contributed by atoms with Crippen LogP contribution in [0.25, 0.3) is 0 Å². The lowest BCUT2D eigenvalue weighted by Crippen LogP contribution is -2.15. The molecular formula is C16H14O. The van der Waals surface area contributed by atoms with Gasteiger partial charge in [-0.05, 0) is 28.7 Å². The molecule has 17 heavy (non-hydrogen) atoms. The monoisotopic (exact) mass is 222 g/mol. The van der Waals surface area contributed by atoms with Gasteiger partial charge in [-0.2, -0.15) is 0 Å². The molecule has 0 fully saturated rings. The Morgan fingerprint density at radius 2 is 1.29 bits per heavy atom. The number of aliphatic hydroxyl groups is 1. The lowest BCUT2D eigenvalue weighted by atomic mass is 9.79. The maximum absolute atomic E-state index is 10.5. The third-order valence-electron chi connectivity index (χ3n) is 4.33. The third-order valence-corrected chi connectivity index (χ3v) is 4.33.